The Labute approximate surface area is 153 Å². The number of β-amino-alcohol motifs (C(OH)–C–C–N with tert-alkyl or cyclic N) is 1. The molecule has 1 aliphatic rings. The van der Waals surface area contributed by atoms with E-state index in [9.17, 15) is 14.3 Å². The van der Waals surface area contributed by atoms with Crippen LogP contribution in [0.25, 0.3) is 0 Å². The number of nitrogens with zero attached hydrogens (tertiary/aromatic N) is 1. The highest BCUT2D eigenvalue weighted by atomic mass is 19.1. The van der Waals surface area contributed by atoms with Crippen LogP contribution in [0.4, 0.5) is 4.39 Å². The van der Waals surface area contributed by atoms with E-state index >= 15 is 0 Å². The number of aliphatic hydroxyl groups is 1. The van der Waals surface area contributed by atoms with Gasteiger partial charge in [-0.15, -0.1) is 0 Å². The molecule has 0 bridgehead atoms. The highest BCUT2D eigenvalue weighted by molar-refractivity contribution is 5.95. The fraction of sp³-hybridized carbons (Fsp3) is 0.381. The van der Waals surface area contributed by atoms with Gasteiger partial charge in [-0.2, -0.15) is 0 Å². The molecule has 4 nitrogen and oxygen atoms in total. The van der Waals surface area contributed by atoms with E-state index in [2.05, 4.69) is 0 Å². The highest BCUT2D eigenvalue weighted by Crippen LogP contribution is 2.39. The monoisotopic (exact) mass is 357 g/mol. The first-order valence-corrected chi connectivity index (χ1v) is 8.67. The molecule has 138 valence electrons. The Hall–Kier alpha value is -2.40. The van der Waals surface area contributed by atoms with Crippen LogP contribution >= 0.6 is 0 Å². The third-order valence-corrected chi connectivity index (χ3v) is 5.21. The van der Waals surface area contributed by atoms with Crippen LogP contribution in [0.2, 0.25) is 0 Å². The van der Waals surface area contributed by atoms with E-state index < -0.39 is 5.60 Å². The van der Waals surface area contributed by atoms with Gasteiger partial charge in [-0.05, 0) is 42.8 Å². The first-order valence-electron chi connectivity index (χ1n) is 8.67. The number of hydrogen-bond donors (Lipinski definition) is 1. The number of carbonyl (C=O) groups is 1. The zero-order valence-corrected chi connectivity index (χ0v) is 15.3. The number of rotatable bonds is 4. The summed E-state index contributed by atoms with van der Waals surface area (Å²) in [5, 5.41) is 10.5. The van der Waals surface area contributed by atoms with Crippen molar-refractivity contribution in [1.29, 1.82) is 0 Å². The second-order valence-corrected chi connectivity index (χ2v) is 7.77. The van der Waals surface area contributed by atoms with E-state index in [1.165, 1.54) is 12.1 Å². The summed E-state index contributed by atoms with van der Waals surface area (Å²) < 4.78 is 18.9. The highest BCUT2D eigenvalue weighted by Gasteiger charge is 2.49. The van der Waals surface area contributed by atoms with Gasteiger partial charge in [0.05, 0.1) is 12.1 Å². The minimum Gasteiger partial charge on any atom is -0.489 e. The van der Waals surface area contributed by atoms with Gasteiger partial charge in [0, 0.05) is 17.5 Å². The van der Waals surface area contributed by atoms with E-state index in [0.29, 0.717) is 24.4 Å². The van der Waals surface area contributed by atoms with Crippen LogP contribution in [0.3, 0.4) is 0 Å². The van der Waals surface area contributed by atoms with Gasteiger partial charge in [-0.3, -0.25) is 4.79 Å². The summed E-state index contributed by atoms with van der Waals surface area (Å²) in [6.07, 6.45) is 0. The molecule has 26 heavy (non-hydrogen) atoms. The summed E-state index contributed by atoms with van der Waals surface area (Å²) >= 11 is 0. The Kier molecular flexibility index (Phi) is 4.76. The molecule has 0 radical (unpaired) electrons. The predicted octanol–water partition coefficient (Wildman–Crippen LogP) is 3.64. The maximum Gasteiger partial charge on any atom is 0.254 e. The largest absolute Gasteiger partial charge is 0.489 e. The molecule has 0 aliphatic carbocycles. The van der Waals surface area contributed by atoms with Crippen LogP contribution in [-0.4, -0.2) is 34.6 Å². The van der Waals surface area contributed by atoms with Gasteiger partial charge in [0.15, 0.2) is 0 Å². The molecule has 1 aliphatic heterocycles. The van der Waals surface area contributed by atoms with Crippen molar-refractivity contribution in [2.75, 3.05) is 13.1 Å². The number of carbonyl (C=O) groups excluding carboxylic acids is 1. The number of ether oxygens (including phenoxy) is 1. The molecule has 2 aromatic carbocycles. The smallest absolute Gasteiger partial charge is 0.254 e. The zero-order chi connectivity index (χ0) is 18.9. The summed E-state index contributed by atoms with van der Waals surface area (Å²) in [4.78, 5) is 14.5. The van der Waals surface area contributed by atoms with Crippen LogP contribution in [0.5, 0.6) is 5.75 Å². The van der Waals surface area contributed by atoms with Crippen molar-refractivity contribution in [3.63, 3.8) is 0 Å². The summed E-state index contributed by atoms with van der Waals surface area (Å²) in [5.41, 5.74) is -0.0585. The molecule has 0 saturated carbocycles. The lowest BCUT2D eigenvalue weighted by Gasteiger charge is -2.30. The topological polar surface area (TPSA) is 49.8 Å². The Bertz CT molecular complexity index is 800. The fourth-order valence-electron chi connectivity index (χ4n) is 3.13. The Morgan fingerprint density at radius 3 is 2.54 bits per heavy atom. The van der Waals surface area contributed by atoms with Crippen molar-refractivity contribution in [3.8, 4) is 5.75 Å². The maximum absolute atomic E-state index is 13.2. The second-order valence-electron chi connectivity index (χ2n) is 7.77. The second kappa shape index (κ2) is 6.72. The number of benzene rings is 2. The molecular formula is C21H24FNO3. The van der Waals surface area contributed by atoms with Crippen LogP contribution in [-0.2, 0) is 6.61 Å². The van der Waals surface area contributed by atoms with Crippen LogP contribution in [0.15, 0.2) is 48.5 Å². The average Bonchev–Trinajstić information content (AvgIpc) is 2.80. The van der Waals surface area contributed by atoms with Crippen LogP contribution in [0, 0.1) is 11.2 Å². The fourth-order valence-corrected chi connectivity index (χ4v) is 3.13. The Morgan fingerprint density at radius 2 is 1.88 bits per heavy atom. The normalized spacial score (nSPS) is 21.7. The lowest BCUT2D eigenvalue weighted by molar-refractivity contribution is -0.0108. The number of likely N-dealkylation sites (tertiary alicyclic amines) is 1. The van der Waals surface area contributed by atoms with Crippen LogP contribution in [0.1, 0.15) is 36.7 Å². The van der Waals surface area contributed by atoms with Crippen molar-refractivity contribution >= 4 is 5.91 Å². The summed E-state index contributed by atoms with van der Waals surface area (Å²) in [6.45, 7) is 6.69. The summed E-state index contributed by atoms with van der Waals surface area (Å²) in [6, 6.07) is 13.2. The molecule has 1 N–H and O–H groups in total. The molecule has 0 unspecified atom stereocenters. The van der Waals surface area contributed by atoms with Crippen molar-refractivity contribution in [3.05, 3.63) is 65.5 Å². The standard InChI is InChI=1S/C21H24FNO3/c1-20(2)13-23(14-21(20,3)25)19(24)16-7-5-9-18(11-16)26-12-15-6-4-8-17(22)10-15/h4-11,25H,12-14H2,1-3H3/t21-/m0/s1. The number of hydrogen-bond acceptors (Lipinski definition) is 3. The van der Waals surface area contributed by atoms with E-state index in [1.54, 1.807) is 48.2 Å². The van der Waals surface area contributed by atoms with E-state index in [1.807, 2.05) is 13.8 Å². The van der Waals surface area contributed by atoms with E-state index in [-0.39, 0.29) is 23.7 Å². The van der Waals surface area contributed by atoms with Gasteiger partial charge in [-0.25, -0.2) is 4.39 Å². The molecule has 3 rings (SSSR count). The van der Waals surface area contributed by atoms with Crippen molar-refractivity contribution in [2.45, 2.75) is 33.0 Å². The molecule has 1 fully saturated rings. The third kappa shape index (κ3) is 3.73. The Balaban J connectivity index is 1.70. The van der Waals surface area contributed by atoms with Crippen molar-refractivity contribution < 1.29 is 19.0 Å². The van der Waals surface area contributed by atoms with Gasteiger partial charge in [0.2, 0.25) is 0 Å². The lowest BCUT2D eigenvalue weighted by Crippen LogP contribution is -2.40. The molecule has 1 saturated heterocycles. The van der Waals surface area contributed by atoms with Crippen molar-refractivity contribution in [2.24, 2.45) is 5.41 Å². The molecule has 1 amide bonds. The van der Waals surface area contributed by atoms with Gasteiger partial charge in [0.1, 0.15) is 18.2 Å². The van der Waals surface area contributed by atoms with Gasteiger partial charge >= 0.3 is 0 Å². The maximum atomic E-state index is 13.2. The minimum absolute atomic E-state index is 0.132. The van der Waals surface area contributed by atoms with Gasteiger partial charge in [0.25, 0.3) is 5.91 Å². The van der Waals surface area contributed by atoms with Crippen molar-refractivity contribution in [1.82, 2.24) is 4.90 Å². The predicted molar refractivity (Wildman–Crippen MR) is 97.5 cm³/mol. The summed E-state index contributed by atoms with van der Waals surface area (Å²) in [7, 11) is 0. The molecule has 1 atom stereocenters. The SMILES string of the molecule is CC1(C)CN(C(=O)c2cccc(OCc3cccc(F)c3)c2)C[C@]1(C)O. The average molecular weight is 357 g/mol. The van der Waals surface area contributed by atoms with E-state index in [4.69, 9.17) is 4.74 Å². The van der Waals surface area contributed by atoms with E-state index in [0.717, 1.165) is 5.56 Å². The quantitative estimate of drug-likeness (QED) is 0.909. The third-order valence-electron chi connectivity index (χ3n) is 5.21. The molecule has 5 heteroatoms. The van der Waals surface area contributed by atoms with Crippen LogP contribution < -0.4 is 4.74 Å². The molecular weight excluding hydrogens is 333 g/mol. The Morgan fingerprint density at radius 1 is 1.15 bits per heavy atom. The lowest BCUT2D eigenvalue weighted by atomic mass is 9.79. The summed E-state index contributed by atoms with van der Waals surface area (Å²) in [5.74, 6) is 0.108. The number of amides is 1. The van der Waals surface area contributed by atoms with Gasteiger partial charge < -0.3 is 14.7 Å². The zero-order valence-electron chi connectivity index (χ0n) is 15.3. The number of halogens is 1. The molecule has 2 aromatic rings. The first-order chi connectivity index (χ1) is 12.2. The van der Waals surface area contributed by atoms with Gasteiger partial charge in [-0.1, -0.05) is 32.0 Å². The first kappa shape index (κ1) is 18.4. The molecule has 0 aromatic heterocycles. The minimum atomic E-state index is -0.922. The molecule has 0 spiro atoms. The molecule has 1 heterocycles.